The third kappa shape index (κ3) is 2.04. The summed E-state index contributed by atoms with van der Waals surface area (Å²) in [4.78, 5) is 22.0. The molecule has 1 saturated carbocycles. The summed E-state index contributed by atoms with van der Waals surface area (Å²) in [5.74, 6) is -1.14. The van der Waals surface area contributed by atoms with E-state index >= 15 is 0 Å². The SMILES string of the molecule is O=C(O)[C@@H]1CC[C@H](C(=O)NC2CC2)O1. The Hall–Kier alpha value is -1.10. The average molecular weight is 199 g/mol. The average Bonchev–Trinajstić information content (AvgIpc) is 2.81. The number of carbonyl (C=O) groups is 2. The van der Waals surface area contributed by atoms with E-state index in [1.807, 2.05) is 0 Å². The van der Waals surface area contributed by atoms with Gasteiger partial charge in [-0.15, -0.1) is 0 Å². The molecule has 5 heteroatoms. The predicted octanol–water partition coefficient (Wildman–Crippen LogP) is -0.103. The molecule has 14 heavy (non-hydrogen) atoms. The molecule has 1 aliphatic carbocycles. The number of carbonyl (C=O) groups excluding carboxylic acids is 1. The highest BCUT2D eigenvalue weighted by molar-refractivity contribution is 5.83. The van der Waals surface area contributed by atoms with E-state index in [1.165, 1.54) is 0 Å². The van der Waals surface area contributed by atoms with Crippen LogP contribution in [0.2, 0.25) is 0 Å². The topological polar surface area (TPSA) is 75.6 Å². The van der Waals surface area contributed by atoms with Gasteiger partial charge in [-0.3, -0.25) is 4.79 Å². The number of carboxylic acid groups (broad SMARTS) is 1. The summed E-state index contributed by atoms with van der Waals surface area (Å²) in [6, 6.07) is 0.301. The number of hydrogen-bond acceptors (Lipinski definition) is 3. The van der Waals surface area contributed by atoms with Crippen LogP contribution in [0.5, 0.6) is 0 Å². The molecule has 5 nitrogen and oxygen atoms in total. The molecule has 0 aromatic carbocycles. The zero-order valence-electron chi connectivity index (χ0n) is 7.73. The maximum absolute atomic E-state index is 11.4. The Balaban J connectivity index is 1.81. The molecule has 2 fully saturated rings. The molecule has 1 saturated heterocycles. The van der Waals surface area contributed by atoms with Crippen molar-refractivity contribution in [1.29, 1.82) is 0 Å². The molecule has 2 aliphatic rings. The van der Waals surface area contributed by atoms with Gasteiger partial charge in [-0.05, 0) is 25.7 Å². The number of amides is 1. The van der Waals surface area contributed by atoms with Gasteiger partial charge in [-0.2, -0.15) is 0 Å². The molecule has 1 aliphatic heterocycles. The standard InChI is InChI=1S/C9H13NO4/c11-8(10-5-1-2-5)6-3-4-7(14-6)9(12)13/h5-7H,1-4H2,(H,10,11)(H,12,13)/t6-,7+/m1/s1. The highest BCUT2D eigenvalue weighted by Crippen LogP contribution is 2.23. The van der Waals surface area contributed by atoms with Crippen LogP contribution in [0.25, 0.3) is 0 Å². The molecule has 0 radical (unpaired) electrons. The van der Waals surface area contributed by atoms with Crippen molar-refractivity contribution in [2.75, 3.05) is 0 Å². The monoisotopic (exact) mass is 199 g/mol. The smallest absolute Gasteiger partial charge is 0.332 e. The zero-order valence-corrected chi connectivity index (χ0v) is 7.73. The number of hydrogen-bond donors (Lipinski definition) is 2. The second kappa shape index (κ2) is 3.57. The fourth-order valence-electron chi connectivity index (χ4n) is 1.53. The van der Waals surface area contributed by atoms with Gasteiger partial charge in [0.2, 0.25) is 5.91 Å². The normalized spacial score (nSPS) is 31.4. The minimum Gasteiger partial charge on any atom is -0.479 e. The van der Waals surface area contributed by atoms with Gasteiger partial charge in [0.05, 0.1) is 0 Å². The number of aliphatic carboxylic acids is 1. The third-order valence-corrected chi connectivity index (χ3v) is 2.51. The van der Waals surface area contributed by atoms with Crippen molar-refractivity contribution < 1.29 is 19.4 Å². The molecule has 1 amide bonds. The molecular formula is C9H13NO4. The molecule has 78 valence electrons. The molecule has 2 N–H and O–H groups in total. The van der Waals surface area contributed by atoms with Crippen molar-refractivity contribution in [2.24, 2.45) is 0 Å². The Morgan fingerprint density at radius 1 is 1.14 bits per heavy atom. The Bertz CT molecular complexity index is 262. The molecule has 0 unspecified atom stereocenters. The molecule has 0 aromatic rings. The molecular weight excluding hydrogens is 186 g/mol. The van der Waals surface area contributed by atoms with E-state index in [4.69, 9.17) is 9.84 Å². The van der Waals surface area contributed by atoms with Crippen LogP contribution >= 0.6 is 0 Å². The Morgan fingerprint density at radius 3 is 2.29 bits per heavy atom. The minimum absolute atomic E-state index is 0.156. The molecule has 2 rings (SSSR count). The van der Waals surface area contributed by atoms with E-state index in [1.54, 1.807) is 0 Å². The van der Waals surface area contributed by atoms with Gasteiger partial charge >= 0.3 is 5.97 Å². The summed E-state index contributed by atoms with van der Waals surface area (Å²) < 4.78 is 5.10. The van der Waals surface area contributed by atoms with E-state index in [-0.39, 0.29) is 5.91 Å². The Morgan fingerprint density at radius 2 is 1.79 bits per heavy atom. The van der Waals surface area contributed by atoms with Crippen molar-refractivity contribution in [3.05, 3.63) is 0 Å². The number of rotatable bonds is 3. The quantitative estimate of drug-likeness (QED) is 0.665. The Labute approximate surface area is 81.4 Å². The van der Waals surface area contributed by atoms with Crippen LogP contribution in [0.1, 0.15) is 25.7 Å². The molecule has 0 aromatic heterocycles. The van der Waals surface area contributed by atoms with Crippen LogP contribution in [0.3, 0.4) is 0 Å². The largest absolute Gasteiger partial charge is 0.479 e. The molecule has 1 heterocycles. The van der Waals surface area contributed by atoms with Crippen molar-refractivity contribution in [3.8, 4) is 0 Å². The summed E-state index contributed by atoms with van der Waals surface area (Å²) in [7, 11) is 0. The fourth-order valence-corrected chi connectivity index (χ4v) is 1.53. The first-order chi connectivity index (χ1) is 6.66. The van der Waals surface area contributed by atoms with Gasteiger partial charge in [0, 0.05) is 6.04 Å². The second-order valence-electron chi connectivity index (χ2n) is 3.81. The van der Waals surface area contributed by atoms with Crippen molar-refractivity contribution in [3.63, 3.8) is 0 Å². The van der Waals surface area contributed by atoms with E-state index in [9.17, 15) is 9.59 Å². The van der Waals surface area contributed by atoms with Gasteiger partial charge in [0.25, 0.3) is 0 Å². The summed E-state index contributed by atoms with van der Waals surface area (Å²) in [6.45, 7) is 0. The summed E-state index contributed by atoms with van der Waals surface area (Å²) >= 11 is 0. The van der Waals surface area contributed by atoms with Crippen molar-refractivity contribution >= 4 is 11.9 Å². The lowest BCUT2D eigenvalue weighted by atomic mass is 10.2. The second-order valence-corrected chi connectivity index (χ2v) is 3.81. The van der Waals surface area contributed by atoms with Crippen LogP contribution in [0.4, 0.5) is 0 Å². The van der Waals surface area contributed by atoms with Gasteiger partial charge in [-0.25, -0.2) is 4.79 Å². The summed E-state index contributed by atoms with van der Waals surface area (Å²) in [5, 5.41) is 11.4. The number of nitrogens with one attached hydrogen (secondary N) is 1. The van der Waals surface area contributed by atoms with Gasteiger partial charge in [0.1, 0.15) is 6.10 Å². The fraction of sp³-hybridized carbons (Fsp3) is 0.778. The van der Waals surface area contributed by atoms with Crippen LogP contribution in [0.15, 0.2) is 0 Å². The summed E-state index contributed by atoms with van der Waals surface area (Å²) in [5.41, 5.74) is 0. The zero-order chi connectivity index (χ0) is 10.1. The first-order valence-corrected chi connectivity index (χ1v) is 4.85. The third-order valence-electron chi connectivity index (χ3n) is 2.51. The Kier molecular flexibility index (Phi) is 2.41. The number of ether oxygens (including phenoxy) is 1. The van der Waals surface area contributed by atoms with E-state index < -0.39 is 18.2 Å². The van der Waals surface area contributed by atoms with Gasteiger partial charge < -0.3 is 15.2 Å². The van der Waals surface area contributed by atoms with Crippen molar-refractivity contribution in [1.82, 2.24) is 5.32 Å². The van der Waals surface area contributed by atoms with Gasteiger partial charge in [0.15, 0.2) is 6.10 Å². The van der Waals surface area contributed by atoms with Crippen LogP contribution in [-0.4, -0.2) is 35.2 Å². The first-order valence-electron chi connectivity index (χ1n) is 4.85. The summed E-state index contributed by atoms with van der Waals surface area (Å²) in [6.07, 6.45) is 1.64. The maximum atomic E-state index is 11.4. The van der Waals surface area contributed by atoms with Gasteiger partial charge in [-0.1, -0.05) is 0 Å². The minimum atomic E-state index is -0.980. The van der Waals surface area contributed by atoms with Crippen LogP contribution in [0, 0.1) is 0 Å². The van der Waals surface area contributed by atoms with Crippen LogP contribution < -0.4 is 5.32 Å². The van der Waals surface area contributed by atoms with E-state index in [0.717, 1.165) is 12.8 Å². The molecule has 0 bridgehead atoms. The van der Waals surface area contributed by atoms with Crippen LogP contribution in [-0.2, 0) is 14.3 Å². The van der Waals surface area contributed by atoms with Crippen molar-refractivity contribution in [2.45, 2.75) is 43.9 Å². The predicted molar refractivity (Wildman–Crippen MR) is 46.7 cm³/mol. The molecule has 2 atom stereocenters. The highest BCUT2D eigenvalue weighted by Gasteiger charge is 2.36. The lowest BCUT2D eigenvalue weighted by Gasteiger charge is -2.10. The maximum Gasteiger partial charge on any atom is 0.332 e. The lowest BCUT2D eigenvalue weighted by molar-refractivity contribution is -0.151. The lowest BCUT2D eigenvalue weighted by Crippen LogP contribution is -2.36. The number of carboxylic acids is 1. The molecule has 0 spiro atoms. The van der Waals surface area contributed by atoms with E-state index in [2.05, 4.69) is 5.32 Å². The highest BCUT2D eigenvalue weighted by atomic mass is 16.5. The van der Waals surface area contributed by atoms with E-state index in [0.29, 0.717) is 18.9 Å². The first kappa shape index (κ1) is 9.45.